The highest BCUT2D eigenvalue weighted by molar-refractivity contribution is 6.62. The van der Waals surface area contributed by atoms with Crippen LogP contribution in [-0.4, -0.2) is 28.1 Å². The molecule has 6 heteroatoms. The normalized spacial score (nSPS) is 24.8. The zero-order chi connectivity index (χ0) is 19.2. The van der Waals surface area contributed by atoms with Crippen molar-refractivity contribution >= 4 is 12.6 Å². The van der Waals surface area contributed by atoms with Gasteiger partial charge in [0.25, 0.3) is 0 Å². The zero-order valence-corrected chi connectivity index (χ0v) is 17.1. The Hall–Kier alpha value is -1.32. The number of hydrogen-bond acceptors (Lipinski definition) is 4. The molecule has 1 aromatic rings. The first-order chi connectivity index (χ1) is 12.1. The standard InChI is InChI=1S/C20H32BN3O2/c1-15(2)20(10-7-8-11-20)17(9-12-22)24-14-16(13-23-24)21-25-18(3,4)19(5,6)26-21/h13-15,17H,7-11H2,1-6H3. The van der Waals surface area contributed by atoms with Crippen molar-refractivity contribution in [2.75, 3.05) is 0 Å². The van der Waals surface area contributed by atoms with Gasteiger partial charge in [-0.1, -0.05) is 26.7 Å². The predicted octanol–water partition coefficient (Wildman–Crippen LogP) is 3.85. The van der Waals surface area contributed by atoms with Gasteiger partial charge in [0.2, 0.25) is 0 Å². The van der Waals surface area contributed by atoms with Crippen molar-refractivity contribution in [2.24, 2.45) is 11.3 Å². The highest BCUT2D eigenvalue weighted by Gasteiger charge is 2.52. The smallest absolute Gasteiger partial charge is 0.399 e. The number of nitrogens with zero attached hydrogens (tertiary/aromatic N) is 3. The summed E-state index contributed by atoms with van der Waals surface area (Å²) >= 11 is 0. The number of aromatic nitrogens is 2. The summed E-state index contributed by atoms with van der Waals surface area (Å²) in [6.07, 6.45) is 9.19. The summed E-state index contributed by atoms with van der Waals surface area (Å²) in [6, 6.07) is 2.51. The summed E-state index contributed by atoms with van der Waals surface area (Å²) < 4.78 is 14.3. The quantitative estimate of drug-likeness (QED) is 0.751. The number of rotatable bonds is 5. The van der Waals surface area contributed by atoms with Crippen LogP contribution in [0.15, 0.2) is 12.4 Å². The summed E-state index contributed by atoms with van der Waals surface area (Å²) in [5, 5.41) is 14.1. The molecule has 1 saturated heterocycles. The average Bonchev–Trinajstić information content (AvgIpc) is 3.25. The lowest BCUT2D eigenvalue weighted by atomic mass is 9.69. The lowest BCUT2D eigenvalue weighted by Gasteiger charge is -2.40. The van der Waals surface area contributed by atoms with Gasteiger partial charge in [0, 0.05) is 17.9 Å². The summed E-state index contributed by atoms with van der Waals surface area (Å²) in [6.45, 7) is 12.8. The van der Waals surface area contributed by atoms with Gasteiger partial charge in [-0.3, -0.25) is 4.68 Å². The maximum absolute atomic E-state index is 9.47. The molecule has 1 aliphatic carbocycles. The van der Waals surface area contributed by atoms with Crippen molar-refractivity contribution in [3.63, 3.8) is 0 Å². The fourth-order valence-corrected chi connectivity index (χ4v) is 4.60. The van der Waals surface area contributed by atoms with E-state index in [4.69, 9.17) is 9.31 Å². The van der Waals surface area contributed by atoms with Gasteiger partial charge in [-0.25, -0.2) is 0 Å². The third-order valence-electron chi connectivity index (χ3n) is 7.10. The third kappa shape index (κ3) is 3.10. The van der Waals surface area contributed by atoms with Gasteiger partial charge in [0.1, 0.15) is 0 Å². The Morgan fingerprint density at radius 1 is 1.19 bits per heavy atom. The van der Waals surface area contributed by atoms with E-state index in [9.17, 15) is 5.26 Å². The first-order valence-corrected chi connectivity index (χ1v) is 9.89. The van der Waals surface area contributed by atoms with Crippen LogP contribution >= 0.6 is 0 Å². The Labute approximate surface area is 158 Å². The van der Waals surface area contributed by atoms with Crippen LogP contribution in [-0.2, 0) is 9.31 Å². The Morgan fingerprint density at radius 3 is 2.27 bits per heavy atom. The molecule has 142 valence electrons. The molecule has 1 atom stereocenters. The number of nitriles is 1. The first-order valence-electron chi connectivity index (χ1n) is 9.89. The van der Waals surface area contributed by atoms with Crippen molar-refractivity contribution in [1.29, 1.82) is 5.26 Å². The third-order valence-corrected chi connectivity index (χ3v) is 7.10. The molecule has 2 heterocycles. The molecule has 1 aromatic heterocycles. The van der Waals surface area contributed by atoms with Crippen LogP contribution < -0.4 is 5.46 Å². The second-order valence-electron chi connectivity index (χ2n) is 9.31. The molecular weight excluding hydrogens is 325 g/mol. The molecule has 1 unspecified atom stereocenters. The van der Waals surface area contributed by atoms with Crippen LogP contribution in [0.4, 0.5) is 0 Å². The van der Waals surface area contributed by atoms with Gasteiger partial charge in [0.15, 0.2) is 0 Å². The Kier molecular flexibility index (Phi) is 5.00. The molecule has 0 aromatic carbocycles. The summed E-state index contributed by atoms with van der Waals surface area (Å²) in [5.74, 6) is 0.521. The van der Waals surface area contributed by atoms with E-state index in [-0.39, 0.29) is 22.7 Å². The van der Waals surface area contributed by atoms with E-state index in [0.29, 0.717) is 12.3 Å². The molecule has 2 fully saturated rings. The van der Waals surface area contributed by atoms with E-state index in [1.807, 2.05) is 17.1 Å². The summed E-state index contributed by atoms with van der Waals surface area (Å²) in [5.41, 5.74) is 0.352. The van der Waals surface area contributed by atoms with Gasteiger partial charge < -0.3 is 9.31 Å². The molecule has 2 aliphatic rings. The van der Waals surface area contributed by atoms with Crippen LogP contribution in [0.3, 0.4) is 0 Å². The van der Waals surface area contributed by atoms with Crippen molar-refractivity contribution in [3.8, 4) is 6.07 Å². The monoisotopic (exact) mass is 357 g/mol. The maximum Gasteiger partial charge on any atom is 0.498 e. The number of hydrogen-bond donors (Lipinski definition) is 0. The molecule has 1 aliphatic heterocycles. The molecule has 3 rings (SSSR count). The first kappa shape index (κ1) is 19.4. The molecular formula is C20H32BN3O2. The zero-order valence-electron chi connectivity index (χ0n) is 17.1. The molecule has 0 N–H and O–H groups in total. The topological polar surface area (TPSA) is 60.1 Å². The minimum absolute atomic E-state index is 0.103. The minimum Gasteiger partial charge on any atom is -0.399 e. The Balaban J connectivity index is 1.89. The van der Waals surface area contributed by atoms with Crippen molar-refractivity contribution in [1.82, 2.24) is 9.78 Å². The molecule has 0 bridgehead atoms. The second-order valence-corrected chi connectivity index (χ2v) is 9.31. The fourth-order valence-electron chi connectivity index (χ4n) is 4.60. The molecule has 5 nitrogen and oxygen atoms in total. The van der Waals surface area contributed by atoms with E-state index in [0.717, 1.165) is 5.46 Å². The van der Waals surface area contributed by atoms with E-state index in [1.54, 1.807) is 0 Å². The second kappa shape index (κ2) is 6.69. The summed E-state index contributed by atoms with van der Waals surface area (Å²) in [4.78, 5) is 0. The van der Waals surface area contributed by atoms with E-state index < -0.39 is 7.12 Å². The average molecular weight is 357 g/mol. The molecule has 1 saturated carbocycles. The largest absolute Gasteiger partial charge is 0.498 e. The fraction of sp³-hybridized carbons (Fsp3) is 0.800. The SMILES string of the molecule is CC(C)C1(C(CC#N)n2cc(B3OC(C)(C)C(C)(C)O3)cn2)CCCC1. The van der Waals surface area contributed by atoms with Crippen molar-refractivity contribution in [3.05, 3.63) is 12.4 Å². The van der Waals surface area contributed by atoms with Gasteiger partial charge in [0.05, 0.1) is 29.7 Å². The van der Waals surface area contributed by atoms with Gasteiger partial charge in [-0.05, 0) is 51.9 Å². The highest BCUT2D eigenvalue weighted by Crippen LogP contribution is 2.52. The molecule has 26 heavy (non-hydrogen) atoms. The van der Waals surface area contributed by atoms with Crippen molar-refractivity contribution in [2.45, 2.75) is 90.9 Å². The van der Waals surface area contributed by atoms with Crippen LogP contribution in [0.5, 0.6) is 0 Å². The van der Waals surface area contributed by atoms with Crippen LogP contribution in [0, 0.1) is 22.7 Å². The van der Waals surface area contributed by atoms with Crippen LogP contribution in [0.25, 0.3) is 0 Å². The van der Waals surface area contributed by atoms with Gasteiger partial charge >= 0.3 is 7.12 Å². The molecule has 0 spiro atoms. The molecule has 0 radical (unpaired) electrons. The van der Waals surface area contributed by atoms with Gasteiger partial charge in [-0.15, -0.1) is 0 Å². The van der Waals surface area contributed by atoms with E-state index in [2.05, 4.69) is 52.7 Å². The summed E-state index contributed by atoms with van der Waals surface area (Å²) in [7, 11) is -0.407. The minimum atomic E-state index is -0.407. The maximum atomic E-state index is 9.47. The lowest BCUT2D eigenvalue weighted by molar-refractivity contribution is 0.00578. The Bertz CT molecular complexity index is 667. The molecule has 0 amide bonds. The van der Waals surface area contributed by atoms with Crippen LogP contribution in [0.2, 0.25) is 0 Å². The Morgan fingerprint density at radius 2 is 1.77 bits per heavy atom. The predicted molar refractivity (Wildman–Crippen MR) is 103 cm³/mol. The lowest BCUT2D eigenvalue weighted by Crippen LogP contribution is -2.41. The van der Waals surface area contributed by atoms with Crippen molar-refractivity contribution < 1.29 is 9.31 Å². The van der Waals surface area contributed by atoms with Crippen LogP contribution in [0.1, 0.15) is 79.7 Å². The van der Waals surface area contributed by atoms with E-state index >= 15 is 0 Å². The highest BCUT2D eigenvalue weighted by atomic mass is 16.7. The van der Waals surface area contributed by atoms with Gasteiger partial charge in [-0.2, -0.15) is 10.4 Å². The van der Waals surface area contributed by atoms with E-state index in [1.165, 1.54) is 25.7 Å².